The van der Waals surface area contributed by atoms with Crippen LogP contribution in [-0.4, -0.2) is 54.1 Å². The molecule has 5 nitrogen and oxygen atoms in total. The number of aromatic nitrogens is 1. The Morgan fingerprint density at radius 2 is 1.80 bits per heavy atom. The molecule has 0 radical (unpaired) electrons. The van der Waals surface area contributed by atoms with E-state index < -0.39 is 0 Å². The maximum absolute atomic E-state index is 4.71. The second-order valence-electron chi connectivity index (χ2n) is 6.61. The fraction of sp³-hybridized carbons (Fsp3) is 0.778. The summed E-state index contributed by atoms with van der Waals surface area (Å²) in [5, 5.41) is 7.93. The molecule has 0 fully saturated rings. The molecule has 0 amide bonds. The third-order valence-corrected chi connectivity index (χ3v) is 5.14. The molecule has 146 valence electrons. The van der Waals surface area contributed by atoms with Crippen molar-refractivity contribution in [2.75, 3.05) is 26.2 Å². The van der Waals surface area contributed by atoms with Crippen LogP contribution in [0.25, 0.3) is 0 Å². The molecular formula is C18H36IN5S. The van der Waals surface area contributed by atoms with Crippen LogP contribution in [0, 0.1) is 13.8 Å². The van der Waals surface area contributed by atoms with Crippen LogP contribution in [0.1, 0.15) is 50.2 Å². The summed E-state index contributed by atoms with van der Waals surface area (Å²) in [5.74, 6) is 0.898. The van der Waals surface area contributed by atoms with E-state index in [0.717, 1.165) is 44.3 Å². The van der Waals surface area contributed by atoms with Crippen molar-refractivity contribution in [3.05, 3.63) is 15.6 Å². The number of halogens is 1. The Morgan fingerprint density at radius 1 is 1.16 bits per heavy atom. The molecule has 0 aliphatic rings. The number of hydrogen-bond acceptors (Lipinski definition) is 4. The molecule has 0 spiro atoms. The standard InChI is InChI=1S/C18H35N5S.HI/c1-8-19-18(21-11-12-23(13(2)3)14(4)5)20-10-9-17-22-15(6)16(7)24-17;/h13-14H,8-12H2,1-7H3,(H2,19,20,21);1H. The fourth-order valence-corrected chi connectivity index (χ4v) is 3.60. The van der Waals surface area contributed by atoms with Gasteiger partial charge in [0, 0.05) is 43.0 Å². The number of guanidine groups is 1. The summed E-state index contributed by atoms with van der Waals surface area (Å²) in [4.78, 5) is 13.1. The third-order valence-electron chi connectivity index (χ3n) is 4.00. The van der Waals surface area contributed by atoms with Gasteiger partial charge in [0.2, 0.25) is 0 Å². The summed E-state index contributed by atoms with van der Waals surface area (Å²) >= 11 is 1.79. The van der Waals surface area contributed by atoms with Gasteiger partial charge in [-0.25, -0.2) is 4.98 Å². The van der Waals surface area contributed by atoms with Crippen molar-refractivity contribution in [1.82, 2.24) is 20.5 Å². The van der Waals surface area contributed by atoms with Crippen molar-refractivity contribution in [3.63, 3.8) is 0 Å². The van der Waals surface area contributed by atoms with Crippen molar-refractivity contribution in [3.8, 4) is 0 Å². The van der Waals surface area contributed by atoms with E-state index in [4.69, 9.17) is 4.99 Å². The molecule has 0 bridgehead atoms. The molecule has 1 rings (SSSR count). The number of aryl methyl sites for hydroxylation is 2. The Kier molecular flexibility index (Phi) is 12.7. The molecule has 0 saturated heterocycles. The number of aliphatic imine (C=N–C) groups is 1. The minimum absolute atomic E-state index is 0. The van der Waals surface area contributed by atoms with E-state index in [1.807, 2.05) is 0 Å². The van der Waals surface area contributed by atoms with E-state index >= 15 is 0 Å². The summed E-state index contributed by atoms with van der Waals surface area (Å²) in [6, 6.07) is 1.10. The number of thiazole rings is 1. The van der Waals surface area contributed by atoms with Gasteiger partial charge in [-0.2, -0.15) is 0 Å². The highest BCUT2D eigenvalue weighted by Gasteiger charge is 2.12. The summed E-state index contributed by atoms with van der Waals surface area (Å²) in [7, 11) is 0. The zero-order chi connectivity index (χ0) is 18.1. The lowest BCUT2D eigenvalue weighted by Crippen LogP contribution is -2.41. The van der Waals surface area contributed by atoms with Crippen molar-refractivity contribution < 1.29 is 0 Å². The van der Waals surface area contributed by atoms with Crippen molar-refractivity contribution in [1.29, 1.82) is 0 Å². The SMILES string of the molecule is CCNC(=NCCN(C(C)C)C(C)C)NCCc1nc(C)c(C)s1.I. The number of nitrogens with one attached hydrogen (secondary N) is 2. The van der Waals surface area contributed by atoms with E-state index in [1.54, 1.807) is 11.3 Å². The van der Waals surface area contributed by atoms with E-state index in [2.05, 4.69) is 69.0 Å². The van der Waals surface area contributed by atoms with Gasteiger partial charge in [0.1, 0.15) is 0 Å². The first-order chi connectivity index (χ1) is 11.3. The topological polar surface area (TPSA) is 52.6 Å². The molecule has 0 aliphatic heterocycles. The molecule has 2 N–H and O–H groups in total. The van der Waals surface area contributed by atoms with Gasteiger partial charge in [-0.05, 0) is 48.5 Å². The van der Waals surface area contributed by atoms with E-state index in [1.165, 1.54) is 9.88 Å². The second kappa shape index (κ2) is 12.9. The zero-order valence-corrected chi connectivity index (χ0v) is 20.0. The van der Waals surface area contributed by atoms with Gasteiger partial charge in [0.25, 0.3) is 0 Å². The first-order valence-corrected chi connectivity index (χ1v) is 9.87. The van der Waals surface area contributed by atoms with E-state index in [9.17, 15) is 0 Å². The Balaban J connectivity index is 0.00000576. The quantitative estimate of drug-likeness (QED) is 0.322. The molecule has 1 aromatic rings. The lowest BCUT2D eigenvalue weighted by atomic mass is 10.2. The Bertz CT molecular complexity index is 486. The average Bonchev–Trinajstić information content (AvgIpc) is 2.81. The van der Waals surface area contributed by atoms with Gasteiger partial charge in [-0.15, -0.1) is 35.3 Å². The normalized spacial score (nSPS) is 12.0. The maximum Gasteiger partial charge on any atom is 0.191 e. The van der Waals surface area contributed by atoms with Crippen LogP contribution in [0.4, 0.5) is 0 Å². The third kappa shape index (κ3) is 9.19. The highest BCUT2D eigenvalue weighted by molar-refractivity contribution is 14.0. The lowest BCUT2D eigenvalue weighted by Gasteiger charge is -2.29. The zero-order valence-electron chi connectivity index (χ0n) is 16.8. The summed E-state index contributed by atoms with van der Waals surface area (Å²) in [6.45, 7) is 18.8. The monoisotopic (exact) mass is 481 g/mol. The molecule has 1 heterocycles. The van der Waals surface area contributed by atoms with Crippen LogP contribution in [0.5, 0.6) is 0 Å². The smallest absolute Gasteiger partial charge is 0.191 e. The predicted octanol–water partition coefficient (Wildman–Crippen LogP) is 3.59. The lowest BCUT2D eigenvalue weighted by molar-refractivity contribution is 0.181. The minimum Gasteiger partial charge on any atom is -0.357 e. The van der Waals surface area contributed by atoms with Gasteiger partial charge in [-0.1, -0.05) is 0 Å². The summed E-state index contributed by atoms with van der Waals surface area (Å²) in [5.41, 5.74) is 1.15. The molecule has 7 heteroatoms. The fourth-order valence-electron chi connectivity index (χ4n) is 2.67. The Hall–Kier alpha value is -0.410. The van der Waals surface area contributed by atoms with Crippen LogP contribution in [0.2, 0.25) is 0 Å². The van der Waals surface area contributed by atoms with Crippen molar-refractivity contribution in [2.45, 2.75) is 67.0 Å². The number of rotatable bonds is 9. The van der Waals surface area contributed by atoms with Gasteiger partial charge in [0.05, 0.1) is 17.2 Å². The maximum atomic E-state index is 4.71. The van der Waals surface area contributed by atoms with Crippen molar-refractivity contribution in [2.24, 2.45) is 4.99 Å². The second-order valence-corrected chi connectivity index (χ2v) is 7.90. The van der Waals surface area contributed by atoms with Gasteiger partial charge < -0.3 is 10.6 Å². The number of hydrogen-bond donors (Lipinski definition) is 2. The van der Waals surface area contributed by atoms with Crippen LogP contribution in [-0.2, 0) is 6.42 Å². The van der Waals surface area contributed by atoms with Gasteiger partial charge in [0.15, 0.2) is 5.96 Å². The Labute approximate surface area is 175 Å². The van der Waals surface area contributed by atoms with E-state index in [0.29, 0.717) is 12.1 Å². The predicted molar refractivity (Wildman–Crippen MR) is 122 cm³/mol. The van der Waals surface area contributed by atoms with Crippen LogP contribution >= 0.6 is 35.3 Å². The molecule has 0 aliphatic carbocycles. The van der Waals surface area contributed by atoms with Gasteiger partial charge >= 0.3 is 0 Å². The molecule has 0 saturated carbocycles. The first kappa shape index (κ1) is 24.6. The average molecular weight is 481 g/mol. The minimum atomic E-state index is 0. The van der Waals surface area contributed by atoms with Crippen LogP contribution < -0.4 is 10.6 Å². The summed E-state index contributed by atoms with van der Waals surface area (Å²) in [6.07, 6.45) is 0.938. The highest BCUT2D eigenvalue weighted by Crippen LogP contribution is 2.16. The van der Waals surface area contributed by atoms with Crippen LogP contribution in [0.15, 0.2) is 4.99 Å². The molecule has 0 aromatic carbocycles. The van der Waals surface area contributed by atoms with Crippen LogP contribution in [0.3, 0.4) is 0 Å². The summed E-state index contributed by atoms with van der Waals surface area (Å²) < 4.78 is 0. The molecule has 0 atom stereocenters. The molecule has 0 unspecified atom stereocenters. The van der Waals surface area contributed by atoms with E-state index in [-0.39, 0.29) is 24.0 Å². The molecule has 25 heavy (non-hydrogen) atoms. The Morgan fingerprint density at radius 3 is 2.28 bits per heavy atom. The van der Waals surface area contributed by atoms with Crippen molar-refractivity contribution >= 4 is 41.3 Å². The molecule has 1 aromatic heterocycles. The number of nitrogens with zero attached hydrogens (tertiary/aromatic N) is 3. The molecular weight excluding hydrogens is 445 g/mol. The largest absolute Gasteiger partial charge is 0.357 e. The highest BCUT2D eigenvalue weighted by atomic mass is 127. The van der Waals surface area contributed by atoms with Gasteiger partial charge in [-0.3, -0.25) is 9.89 Å². The first-order valence-electron chi connectivity index (χ1n) is 9.06.